The highest BCUT2D eigenvalue weighted by Gasteiger charge is 2.27. The van der Waals surface area contributed by atoms with E-state index < -0.39 is 12.0 Å². The third kappa shape index (κ3) is 3.31. The van der Waals surface area contributed by atoms with Crippen LogP contribution in [0, 0.1) is 0 Å². The van der Waals surface area contributed by atoms with Crippen LogP contribution in [0.5, 0.6) is 0 Å². The topological polar surface area (TPSA) is 52.6 Å². The van der Waals surface area contributed by atoms with Crippen LogP contribution in [0.1, 0.15) is 32.8 Å². The van der Waals surface area contributed by atoms with Crippen LogP contribution in [0.3, 0.4) is 0 Å². The molecule has 0 amide bonds. The zero-order valence-corrected chi connectivity index (χ0v) is 12.5. The van der Waals surface area contributed by atoms with Crippen molar-refractivity contribution < 1.29 is 9.90 Å². The Morgan fingerprint density at radius 1 is 1.45 bits per heavy atom. The smallest absolute Gasteiger partial charge is 0.320 e. The van der Waals surface area contributed by atoms with E-state index in [0.717, 1.165) is 13.0 Å². The molecule has 1 aromatic carbocycles. The maximum Gasteiger partial charge on any atom is 0.320 e. The van der Waals surface area contributed by atoms with Crippen molar-refractivity contribution in [2.75, 3.05) is 11.4 Å². The molecule has 0 aliphatic carbocycles. The number of rotatable bonds is 6. The number of benzene rings is 1. The van der Waals surface area contributed by atoms with Gasteiger partial charge in [0.05, 0.1) is 0 Å². The zero-order valence-electron chi connectivity index (χ0n) is 12.5. The molecule has 0 bridgehead atoms. The quantitative estimate of drug-likeness (QED) is 0.837. The fourth-order valence-electron chi connectivity index (χ4n) is 2.92. The number of anilines is 1. The lowest BCUT2D eigenvalue weighted by atomic mass is 10.1. The number of nitrogens with zero attached hydrogens (tertiary/aromatic N) is 1. The van der Waals surface area contributed by atoms with Crippen molar-refractivity contribution in [1.82, 2.24) is 5.32 Å². The number of hydrogen-bond donors (Lipinski definition) is 2. The van der Waals surface area contributed by atoms with Gasteiger partial charge in [-0.15, -0.1) is 0 Å². The highest BCUT2D eigenvalue weighted by Crippen LogP contribution is 2.31. The van der Waals surface area contributed by atoms with Crippen LogP contribution in [0.25, 0.3) is 0 Å². The van der Waals surface area contributed by atoms with Crippen LogP contribution in [0.15, 0.2) is 24.3 Å². The summed E-state index contributed by atoms with van der Waals surface area (Å²) in [5.41, 5.74) is 2.62. The molecule has 0 spiro atoms. The summed E-state index contributed by atoms with van der Waals surface area (Å²) in [5, 5.41) is 12.4. The van der Waals surface area contributed by atoms with Crippen molar-refractivity contribution in [2.24, 2.45) is 0 Å². The minimum Gasteiger partial charge on any atom is -0.480 e. The van der Waals surface area contributed by atoms with E-state index >= 15 is 0 Å². The Labute approximate surface area is 120 Å². The first-order valence-electron chi connectivity index (χ1n) is 7.32. The van der Waals surface area contributed by atoms with Gasteiger partial charge in [-0.2, -0.15) is 0 Å². The van der Waals surface area contributed by atoms with E-state index in [-0.39, 0.29) is 6.04 Å². The maximum absolute atomic E-state index is 11.3. The van der Waals surface area contributed by atoms with E-state index in [2.05, 4.69) is 35.3 Å². The number of aliphatic carboxylic acids is 1. The van der Waals surface area contributed by atoms with Gasteiger partial charge in [-0.3, -0.25) is 4.79 Å². The molecular weight excluding hydrogens is 252 g/mol. The van der Waals surface area contributed by atoms with Gasteiger partial charge in [-0.25, -0.2) is 0 Å². The first-order valence-corrected chi connectivity index (χ1v) is 7.32. The van der Waals surface area contributed by atoms with Crippen LogP contribution >= 0.6 is 0 Å². The molecule has 0 saturated heterocycles. The molecule has 110 valence electrons. The molecule has 20 heavy (non-hydrogen) atoms. The van der Waals surface area contributed by atoms with E-state index in [1.807, 2.05) is 19.9 Å². The summed E-state index contributed by atoms with van der Waals surface area (Å²) in [7, 11) is 0. The van der Waals surface area contributed by atoms with E-state index in [0.29, 0.717) is 12.5 Å². The van der Waals surface area contributed by atoms with Gasteiger partial charge in [0.15, 0.2) is 0 Å². The molecule has 4 nitrogen and oxygen atoms in total. The molecule has 2 N–H and O–H groups in total. The molecule has 2 unspecified atom stereocenters. The fraction of sp³-hybridized carbons (Fsp3) is 0.562. The van der Waals surface area contributed by atoms with Gasteiger partial charge in [0.2, 0.25) is 0 Å². The summed E-state index contributed by atoms with van der Waals surface area (Å²) in [6.45, 7) is 6.92. The Morgan fingerprint density at radius 3 is 2.80 bits per heavy atom. The Kier molecular flexibility index (Phi) is 4.65. The summed E-state index contributed by atoms with van der Waals surface area (Å²) in [6, 6.07) is 8.55. The van der Waals surface area contributed by atoms with Crippen LogP contribution < -0.4 is 10.2 Å². The number of fused-ring (bicyclic) bond motifs is 1. The van der Waals surface area contributed by atoms with E-state index in [1.54, 1.807) is 0 Å². The molecule has 1 aromatic rings. The van der Waals surface area contributed by atoms with Crippen molar-refractivity contribution in [1.29, 1.82) is 0 Å². The Balaban J connectivity index is 2.01. The molecule has 2 atom stereocenters. The van der Waals surface area contributed by atoms with Gasteiger partial charge >= 0.3 is 5.97 Å². The molecule has 0 saturated carbocycles. The first kappa shape index (κ1) is 14.9. The summed E-state index contributed by atoms with van der Waals surface area (Å²) in [4.78, 5) is 13.6. The zero-order chi connectivity index (χ0) is 14.7. The SMILES string of the molecule is CC(C)NC(CCN1c2ccccc2CC1C)C(=O)O. The molecule has 0 aromatic heterocycles. The number of carboxylic acids is 1. The molecule has 1 heterocycles. The molecule has 1 aliphatic heterocycles. The Bertz CT molecular complexity index is 473. The lowest BCUT2D eigenvalue weighted by molar-refractivity contribution is -0.139. The van der Waals surface area contributed by atoms with E-state index in [9.17, 15) is 9.90 Å². The second kappa shape index (κ2) is 6.27. The highest BCUT2D eigenvalue weighted by atomic mass is 16.4. The van der Waals surface area contributed by atoms with Crippen LogP contribution in [-0.4, -0.2) is 35.7 Å². The predicted octanol–water partition coefficient (Wildman–Crippen LogP) is 2.28. The molecular formula is C16H24N2O2. The van der Waals surface area contributed by atoms with Gasteiger partial charge in [-0.1, -0.05) is 32.0 Å². The Hall–Kier alpha value is -1.55. The predicted molar refractivity (Wildman–Crippen MR) is 81.3 cm³/mol. The number of hydrogen-bond acceptors (Lipinski definition) is 3. The van der Waals surface area contributed by atoms with Gasteiger partial charge in [0, 0.05) is 24.3 Å². The van der Waals surface area contributed by atoms with Crippen LogP contribution in [0.4, 0.5) is 5.69 Å². The molecule has 2 rings (SSSR count). The summed E-state index contributed by atoms with van der Waals surface area (Å²) >= 11 is 0. The number of para-hydroxylation sites is 1. The summed E-state index contributed by atoms with van der Waals surface area (Å²) in [6.07, 6.45) is 1.66. The standard InChI is InChI=1S/C16H24N2O2/c1-11(2)17-14(16(19)20)8-9-18-12(3)10-13-6-4-5-7-15(13)18/h4-7,11-12,14,17H,8-10H2,1-3H3,(H,19,20). The summed E-state index contributed by atoms with van der Waals surface area (Å²) < 4.78 is 0. The molecule has 0 fully saturated rings. The first-order chi connectivity index (χ1) is 9.49. The van der Waals surface area contributed by atoms with Crippen molar-refractivity contribution >= 4 is 11.7 Å². The molecule has 1 aliphatic rings. The third-order valence-corrected chi connectivity index (χ3v) is 3.84. The second-order valence-corrected chi connectivity index (χ2v) is 5.88. The number of carbonyl (C=O) groups is 1. The second-order valence-electron chi connectivity index (χ2n) is 5.88. The fourth-order valence-corrected chi connectivity index (χ4v) is 2.92. The minimum absolute atomic E-state index is 0.180. The average Bonchev–Trinajstić information content (AvgIpc) is 2.69. The van der Waals surface area contributed by atoms with Crippen LogP contribution in [0.2, 0.25) is 0 Å². The minimum atomic E-state index is -0.765. The third-order valence-electron chi connectivity index (χ3n) is 3.84. The van der Waals surface area contributed by atoms with Gasteiger partial charge in [0.25, 0.3) is 0 Å². The van der Waals surface area contributed by atoms with Crippen molar-refractivity contribution in [3.8, 4) is 0 Å². The summed E-state index contributed by atoms with van der Waals surface area (Å²) in [5.74, 6) is -0.765. The van der Waals surface area contributed by atoms with Gasteiger partial charge in [0.1, 0.15) is 6.04 Å². The Morgan fingerprint density at radius 2 is 2.15 bits per heavy atom. The van der Waals surface area contributed by atoms with Gasteiger partial charge in [-0.05, 0) is 31.4 Å². The molecule has 0 radical (unpaired) electrons. The van der Waals surface area contributed by atoms with Crippen molar-refractivity contribution in [3.63, 3.8) is 0 Å². The monoisotopic (exact) mass is 276 g/mol. The van der Waals surface area contributed by atoms with Crippen molar-refractivity contribution in [3.05, 3.63) is 29.8 Å². The average molecular weight is 276 g/mol. The lowest BCUT2D eigenvalue weighted by Gasteiger charge is -2.27. The maximum atomic E-state index is 11.3. The normalized spacial score (nSPS) is 19.2. The van der Waals surface area contributed by atoms with E-state index in [1.165, 1.54) is 11.3 Å². The largest absolute Gasteiger partial charge is 0.480 e. The van der Waals surface area contributed by atoms with Crippen molar-refractivity contribution in [2.45, 2.75) is 51.7 Å². The molecule has 4 heteroatoms. The number of carboxylic acid groups (broad SMARTS) is 1. The van der Waals surface area contributed by atoms with Crippen LogP contribution in [-0.2, 0) is 11.2 Å². The highest BCUT2D eigenvalue weighted by molar-refractivity contribution is 5.73. The number of nitrogens with one attached hydrogen (secondary N) is 1. The lowest BCUT2D eigenvalue weighted by Crippen LogP contribution is -2.44. The van der Waals surface area contributed by atoms with E-state index in [4.69, 9.17) is 0 Å². The van der Waals surface area contributed by atoms with Gasteiger partial charge < -0.3 is 15.3 Å².